The maximum atomic E-state index is 12.5. The number of amides is 1. The minimum absolute atomic E-state index is 0.218. The highest BCUT2D eigenvalue weighted by molar-refractivity contribution is 9.10. The van der Waals surface area contributed by atoms with Gasteiger partial charge in [-0.25, -0.2) is 0 Å². The van der Waals surface area contributed by atoms with E-state index >= 15 is 0 Å². The van der Waals surface area contributed by atoms with E-state index in [1.165, 1.54) is 0 Å². The molecule has 134 valence electrons. The zero-order valence-electron chi connectivity index (χ0n) is 14.4. The zero-order valence-corrected chi connectivity index (χ0v) is 16.0. The summed E-state index contributed by atoms with van der Waals surface area (Å²) >= 11 is 3.40. The topological polar surface area (TPSA) is 81.9 Å². The van der Waals surface area contributed by atoms with Crippen molar-refractivity contribution in [2.45, 2.75) is 19.9 Å². The molecule has 26 heavy (non-hydrogen) atoms. The van der Waals surface area contributed by atoms with Crippen LogP contribution in [0.3, 0.4) is 0 Å². The minimum Gasteiger partial charge on any atom is -0.494 e. The second kappa shape index (κ2) is 8.09. The fourth-order valence-electron chi connectivity index (χ4n) is 2.47. The second-order valence-corrected chi connectivity index (χ2v) is 6.50. The first kappa shape index (κ1) is 18.1. The monoisotopic (exact) mass is 415 g/mol. The molecule has 0 radical (unpaired) electrons. The van der Waals surface area contributed by atoms with Crippen LogP contribution in [-0.4, -0.2) is 32.7 Å². The van der Waals surface area contributed by atoms with Crippen LogP contribution in [0.5, 0.6) is 5.75 Å². The van der Waals surface area contributed by atoms with Crippen molar-refractivity contribution < 1.29 is 9.53 Å². The van der Waals surface area contributed by atoms with Crippen molar-refractivity contribution in [2.24, 2.45) is 0 Å². The van der Waals surface area contributed by atoms with Gasteiger partial charge in [-0.1, -0.05) is 22.0 Å². The lowest BCUT2D eigenvalue weighted by Crippen LogP contribution is -2.28. The standard InChI is InChI=1S/C18H18BrN5O2/c1-3-26-16-6-4-5-13(11-16)18(25)20-12(2)17-21-22-23-24(17)15-9-7-14(19)8-10-15/h4-12H,3H2,1-2H3,(H,20,25). The van der Waals surface area contributed by atoms with Crippen LogP contribution < -0.4 is 10.1 Å². The van der Waals surface area contributed by atoms with E-state index in [0.29, 0.717) is 23.7 Å². The summed E-state index contributed by atoms with van der Waals surface area (Å²) in [5.74, 6) is 0.985. The fraction of sp³-hybridized carbons (Fsp3) is 0.222. The summed E-state index contributed by atoms with van der Waals surface area (Å²) < 4.78 is 8.01. The van der Waals surface area contributed by atoms with Gasteiger partial charge in [-0.15, -0.1) is 5.10 Å². The molecule has 1 atom stereocenters. The second-order valence-electron chi connectivity index (χ2n) is 5.58. The minimum atomic E-state index is -0.378. The molecule has 1 N–H and O–H groups in total. The van der Waals surface area contributed by atoms with E-state index in [4.69, 9.17) is 4.74 Å². The number of tetrazole rings is 1. The molecule has 8 heteroatoms. The first-order chi connectivity index (χ1) is 12.6. The third kappa shape index (κ3) is 4.08. The number of hydrogen-bond acceptors (Lipinski definition) is 5. The van der Waals surface area contributed by atoms with Crippen LogP contribution in [0.15, 0.2) is 53.0 Å². The molecule has 0 saturated carbocycles. The summed E-state index contributed by atoms with van der Waals surface area (Å²) in [4.78, 5) is 12.5. The molecule has 0 fully saturated rings. The number of aromatic nitrogens is 4. The Morgan fingerprint density at radius 3 is 2.77 bits per heavy atom. The molecule has 0 aliphatic heterocycles. The summed E-state index contributed by atoms with van der Waals surface area (Å²) in [6.45, 7) is 4.28. The maximum absolute atomic E-state index is 12.5. The molecular weight excluding hydrogens is 398 g/mol. The van der Waals surface area contributed by atoms with Crippen molar-refractivity contribution in [1.29, 1.82) is 0 Å². The van der Waals surface area contributed by atoms with Gasteiger partial charge in [0.15, 0.2) is 5.82 Å². The Morgan fingerprint density at radius 2 is 2.04 bits per heavy atom. The first-order valence-electron chi connectivity index (χ1n) is 8.16. The molecule has 0 spiro atoms. The highest BCUT2D eigenvalue weighted by Crippen LogP contribution is 2.18. The number of halogens is 1. The molecule has 1 unspecified atom stereocenters. The van der Waals surface area contributed by atoms with Crippen LogP contribution >= 0.6 is 15.9 Å². The highest BCUT2D eigenvalue weighted by atomic mass is 79.9. The Balaban J connectivity index is 1.77. The average molecular weight is 416 g/mol. The molecular formula is C18H18BrN5O2. The third-order valence-corrected chi connectivity index (χ3v) is 4.24. The summed E-state index contributed by atoms with van der Waals surface area (Å²) in [5, 5.41) is 14.7. The lowest BCUT2D eigenvalue weighted by atomic mass is 10.2. The van der Waals surface area contributed by atoms with Gasteiger partial charge in [-0.05, 0) is 66.7 Å². The molecule has 0 aliphatic carbocycles. The molecule has 7 nitrogen and oxygen atoms in total. The van der Waals surface area contributed by atoms with Crippen LogP contribution in [-0.2, 0) is 0 Å². The summed E-state index contributed by atoms with van der Waals surface area (Å²) in [7, 11) is 0. The predicted molar refractivity (Wildman–Crippen MR) is 100 cm³/mol. The van der Waals surface area contributed by atoms with Crippen LogP contribution in [0.1, 0.15) is 36.1 Å². The van der Waals surface area contributed by atoms with Crippen molar-refractivity contribution in [1.82, 2.24) is 25.5 Å². The van der Waals surface area contributed by atoms with Crippen molar-refractivity contribution in [3.63, 3.8) is 0 Å². The number of rotatable bonds is 6. The molecule has 3 rings (SSSR count). The number of carbonyl (C=O) groups is 1. The Bertz CT molecular complexity index is 895. The normalized spacial score (nSPS) is 11.8. The van der Waals surface area contributed by atoms with E-state index in [1.807, 2.05) is 44.2 Å². The number of carbonyl (C=O) groups excluding carboxylic acids is 1. The Labute approximate surface area is 159 Å². The van der Waals surface area contributed by atoms with Gasteiger partial charge in [0.1, 0.15) is 5.75 Å². The van der Waals surface area contributed by atoms with E-state index < -0.39 is 0 Å². The molecule has 0 bridgehead atoms. The Hall–Kier alpha value is -2.74. The van der Waals surface area contributed by atoms with Gasteiger partial charge in [0.05, 0.1) is 18.3 Å². The molecule has 1 amide bonds. The summed E-state index contributed by atoms with van der Waals surface area (Å²) in [5.41, 5.74) is 1.33. The van der Waals surface area contributed by atoms with Crippen LogP contribution in [0.4, 0.5) is 0 Å². The van der Waals surface area contributed by atoms with Crippen LogP contribution in [0.25, 0.3) is 5.69 Å². The van der Waals surface area contributed by atoms with Gasteiger partial charge in [0.25, 0.3) is 5.91 Å². The van der Waals surface area contributed by atoms with Crippen molar-refractivity contribution in [2.75, 3.05) is 6.61 Å². The highest BCUT2D eigenvalue weighted by Gasteiger charge is 2.19. The largest absolute Gasteiger partial charge is 0.494 e. The number of benzene rings is 2. The molecule has 1 heterocycles. The van der Waals surface area contributed by atoms with Gasteiger partial charge < -0.3 is 10.1 Å². The Morgan fingerprint density at radius 1 is 1.27 bits per heavy atom. The molecule has 2 aromatic carbocycles. The van der Waals surface area contributed by atoms with Crippen molar-refractivity contribution in [3.05, 3.63) is 64.4 Å². The zero-order chi connectivity index (χ0) is 18.5. The quantitative estimate of drug-likeness (QED) is 0.667. The predicted octanol–water partition coefficient (Wildman–Crippen LogP) is 3.31. The smallest absolute Gasteiger partial charge is 0.251 e. The van der Waals surface area contributed by atoms with E-state index in [1.54, 1.807) is 22.9 Å². The number of nitrogens with one attached hydrogen (secondary N) is 1. The fourth-order valence-corrected chi connectivity index (χ4v) is 2.73. The molecule has 3 aromatic rings. The van der Waals surface area contributed by atoms with Gasteiger partial charge in [-0.2, -0.15) is 4.68 Å². The van der Waals surface area contributed by atoms with Gasteiger partial charge in [0, 0.05) is 10.0 Å². The number of nitrogens with zero attached hydrogens (tertiary/aromatic N) is 4. The lowest BCUT2D eigenvalue weighted by molar-refractivity contribution is 0.0937. The first-order valence-corrected chi connectivity index (χ1v) is 8.95. The van der Waals surface area contributed by atoms with Gasteiger partial charge >= 0.3 is 0 Å². The SMILES string of the molecule is CCOc1cccc(C(=O)NC(C)c2nnnn2-c2ccc(Br)cc2)c1. The van der Waals surface area contributed by atoms with Gasteiger partial charge in [-0.3, -0.25) is 4.79 Å². The summed E-state index contributed by atoms with van der Waals surface area (Å²) in [6, 6.07) is 14.3. The maximum Gasteiger partial charge on any atom is 0.251 e. The number of hydrogen-bond donors (Lipinski definition) is 1. The van der Waals surface area contributed by atoms with E-state index in [-0.39, 0.29) is 11.9 Å². The molecule has 1 aromatic heterocycles. The third-order valence-electron chi connectivity index (χ3n) is 3.71. The van der Waals surface area contributed by atoms with Crippen LogP contribution in [0, 0.1) is 0 Å². The average Bonchev–Trinajstić information content (AvgIpc) is 3.13. The van der Waals surface area contributed by atoms with E-state index in [9.17, 15) is 4.79 Å². The van der Waals surface area contributed by atoms with E-state index in [2.05, 4.69) is 36.8 Å². The van der Waals surface area contributed by atoms with Crippen molar-refractivity contribution in [3.8, 4) is 11.4 Å². The molecule has 0 saturated heterocycles. The van der Waals surface area contributed by atoms with E-state index in [0.717, 1.165) is 10.2 Å². The van der Waals surface area contributed by atoms with Gasteiger partial charge in [0.2, 0.25) is 0 Å². The number of ether oxygens (including phenoxy) is 1. The van der Waals surface area contributed by atoms with Crippen molar-refractivity contribution >= 4 is 21.8 Å². The lowest BCUT2D eigenvalue weighted by Gasteiger charge is -2.14. The van der Waals surface area contributed by atoms with Crippen LogP contribution in [0.2, 0.25) is 0 Å². The Kier molecular flexibility index (Phi) is 5.62. The molecule has 0 aliphatic rings. The summed E-state index contributed by atoms with van der Waals surface area (Å²) in [6.07, 6.45) is 0.